The van der Waals surface area contributed by atoms with Crippen molar-refractivity contribution in [3.8, 4) is 5.75 Å². The highest BCUT2D eigenvalue weighted by Gasteiger charge is 2.33. The molecule has 0 bridgehead atoms. The summed E-state index contributed by atoms with van der Waals surface area (Å²) >= 11 is 0. The predicted molar refractivity (Wildman–Crippen MR) is 115 cm³/mol. The van der Waals surface area contributed by atoms with Crippen molar-refractivity contribution in [1.82, 2.24) is 9.21 Å². The molecule has 0 aliphatic carbocycles. The lowest BCUT2D eigenvalue weighted by molar-refractivity contribution is -0.0956. The van der Waals surface area contributed by atoms with E-state index in [1.807, 2.05) is 0 Å². The van der Waals surface area contributed by atoms with Gasteiger partial charge in [-0.05, 0) is 43.9 Å². The first-order valence-corrected chi connectivity index (χ1v) is 12.7. The number of nitrogens with zero attached hydrogens (tertiary/aromatic N) is 2. The molecule has 1 aromatic carbocycles. The summed E-state index contributed by atoms with van der Waals surface area (Å²) in [5, 5.41) is 0. The molecule has 0 atom stereocenters. The van der Waals surface area contributed by atoms with Gasteiger partial charge in [0.15, 0.2) is 6.29 Å². The summed E-state index contributed by atoms with van der Waals surface area (Å²) < 4.78 is 44.8. The van der Waals surface area contributed by atoms with Gasteiger partial charge in [-0.3, -0.25) is 4.79 Å². The zero-order valence-electron chi connectivity index (χ0n) is 18.1. The molecule has 172 valence electrons. The van der Waals surface area contributed by atoms with Gasteiger partial charge in [-0.1, -0.05) is 12.8 Å². The molecule has 0 N–H and O–H groups in total. The molecule has 0 aromatic heterocycles. The maximum Gasteiger partial charge on any atom is 0.253 e. The molecule has 3 heterocycles. The Morgan fingerprint density at radius 2 is 1.65 bits per heavy atom. The Balaban J connectivity index is 1.51. The zero-order chi connectivity index (χ0) is 21.8. The summed E-state index contributed by atoms with van der Waals surface area (Å²) in [7, 11) is -2.28. The first-order chi connectivity index (χ1) is 15.0. The fraction of sp³-hybridized carbons (Fsp3) is 0.682. The molecular formula is C22H32N2O6S. The molecule has 1 amide bonds. The van der Waals surface area contributed by atoms with Gasteiger partial charge in [0.2, 0.25) is 10.0 Å². The Hall–Kier alpha value is -1.68. The van der Waals surface area contributed by atoms with E-state index < -0.39 is 10.0 Å². The standard InChI is InChI=1S/C22H32N2O6S/c1-28-19-7-6-18(16-20(19)31(26,27)24-10-4-2-3-5-11-24)21(25)23-12-8-17(9-13-23)22-29-14-15-30-22/h6-7,16-17,22H,2-5,8-15H2,1H3. The van der Waals surface area contributed by atoms with Crippen LogP contribution in [0.4, 0.5) is 0 Å². The molecule has 3 aliphatic heterocycles. The van der Waals surface area contributed by atoms with Gasteiger partial charge in [0.05, 0.1) is 20.3 Å². The number of hydrogen-bond donors (Lipinski definition) is 0. The Morgan fingerprint density at radius 3 is 2.26 bits per heavy atom. The number of methoxy groups -OCH3 is 1. The van der Waals surface area contributed by atoms with Gasteiger partial charge in [0.1, 0.15) is 10.6 Å². The Bertz CT molecular complexity index is 868. The average Bonchev–Trinajstić information content (AvgIpc) is 3.19. The van der Waals surface area contributed by atoms with Crippen LogP contribution in [-0.2, 0) is 19.5 Å². The number of hydrogen-bond acceptors (Lipinski definition) is 6. The smallest absolute Gasteiger partial charge is 0.253 e. The molecule has 0 unspecified atom stereocenters. The maximum absolute atomic E-state index is 13.4. The number of benzene rings is 1. The van der Waals surface area contributed by atoms with E-state index in [0.29, 0.717) is 50.9 Å². The predicted octanol–water partition coefficient (Wildman–Crippen LogP) is 2.49. The van der Waals surface area contributed by atoms with Crippen LogP contribution in [0.15, 0.2) is 23.1 Å². The van der Waals surface area contributed by atoms with Crippen LogP contribution in [0.1, 0.15) is 48.9 Å². The van der Waals surface area contributed by atoms with E-state index in [2.05, 4.69) is 0 Å². The minimum Gasteiger partial charge on any atom is -0.495 e. The summed E-state index contributed by atoms with van der Waals surface area (Å²) in [4.78, 5) is 15.0. The van der Waals surface area contributed by atoms with Crippen LogP contribution in [-0.4, -0.2) is 76.3 Å². The number of likely N-dealkylation sites (tertiary alicyclic amines) is 1. The lowest BCUT2D eigenvalue weighted by Crippen LogP contribution is -2.41. The summed E-state index contributed by atoms with van der Waals surface area (Å²) in [5.41, 5.74) is 0.376. The Labute approximate surface area is 184 Å². The van der Waals surface area contributed by atoms with Crippen molar-refractivity contribution in [3.63, 3.8) is 0 Å². The minimum atomic E-state index is -3.73. The van der Waals surface area contributed by atoms with Crippen molar-refractivity contribution in [2.24, 2.45) is 5.92 Å². The van der Waals surface area contributed by atoms with Gasteiger partial charge in [0, 0.05) is 37.7 Å². The third-order valence-corrected chi connectivity index (χ3v) is 8.37. The van der Waals surface area contributed by atoms with E-state index in [1.54, 1.807) is 17.0 Å². The number of sulfonamides is 1. The summed E-state index contributed by atoms with van der Waals surface area (Å²) in [6.45, 7) is 3.47. The molecule has 1 aromatic rings. The average molecular weight is 453 g/mol. The van der Waals surface area contributed by atoms with E-state index in [1.165, 1.54) is 17.5 Å². The lowest BCUT2D eigenvalue weighted by atomic mass is 9.95. The van der Waals surface area contributed by atoms with Crippen molar-refractivity contribution in [2.75, 3.05) is 46.5 Å². The van der Waals surface area contributed by atoms with Gasteiger partial charge in [-0.2, -0.15) is 4.31 Å². The molecule has 3 aliphatic rings. The molecule has 8 nitrogen and oxygen atoms in total. The third kappa shape index (κ3) is 4.89. The fourth-order valence-electron chi connectivity index (χ4n) is 4.64. The quantitative estimate of drug-likeness (QED) is 0.682. The molecule has 9 heteroatoms. The Kier molecular flexibility index (Phi) is 7.15. The fourth-order valence-corrected chi connectivity index (χ4v) is 6.34. The number of amides is 1. The highest BCUT2D eigenvalue weighted by Crippen LogP contribution is 2.31. The Morgan fingerprint density at radius 1 is 1.00 bits per heavy atom. The van der Waals surface area contributed by atoms with Crippen LogP contribution in [0, 0.1) is 5.92 Å². The topological polar surface area (TPSA) is 85.4 Å². The van der Waals surface area contributed by atoms with Gasteiger partial charge >= 0.3 is 0 Å². The van der Waals surface area contributed by atoms with E-state index in [4.69, 9.17) is 14.2 Å². The van der Waals surface area contributed by atoms with Gasteiger partial charge in [-0.15, -0.1) is 0 Å². The third-order valence-electron chi connectivity index (χ3n) is 6.45. The molecule has 0 spiro atoms. The summed E-state index contributed by atoms with van der Waals surface area (Å²) in [6.07, 6.45) is 5.23. The van der Waals surface area contributed by atoms with Crippen molar-refractivity contribution < 1.29 is 27.4 Å². The van der Waals surface area contributed by atoms with E-state index in [9.17, 15) is 13.2 Å². The number of rotatable bonds is 5. The number of piperidine rings is 1. The van der Waals surface area contributed by atoms with Crippen LogP contribution in [0.2, 0.25) is 0 Å². The number of ether oxygens (including phenoxy) is 3. The minimum absolute atomic E-state index is 0.0744. The van der Waals surface area contributed by atoms with Crippen LogP contribution in [0.3, 0.4) is 0 Å². The monoisotopic (exact) mass is 452 g/mol. The van der Waals surface area contributed by atoms with Crippen LogP contribution in [0.25, 0.3) is 0 Å². The zero-order valence-corrected chi connectivity index (χ0v) is 18.9. The second kappa shape index (κ2) is 9.85. The van der Waals surface area contributed by atoms with Crippen molar-refractivity contribution in [1.29, 1.82) is 0 Å². The SMILES string of the molecule is COc1ccc(C(=O)N2CCC(C3OCCO3)CC2)cc1S(=O)(=O)N1CCCCCC1. The highest BCUT2D eigenvalue weighted by atomic mass is 32.2. The second-order valence-electron chi connectivity index (χ2n) is 8.42. The summed E-state index contributed by atoms with van der Waals surface area (Å²) in [5.74, 6) is 0.415. The molecular weight excluding hydrogens is 420 g/mol. The molecule has 31 heavy (non-hydrogen) atoms. The van der Waals surface area contributed by atoms with E-state index >= 15 is 0 Å². The number of carbonyl (C=O) groups is 1. The van der Waals surface area contributed by atoms with Crippen LogP contribution in [0.5, 0.6) is 5.75 Å². The second-order valence-corrected chi connectivity index (χ2v) is 10.3. The lowest BCUT2D eigenvalue weighted by Gasteiger charge is -2.34. The molecule has 0 radical (unpaired) electrons. The van der Waals surface area contributed by atoms with Crippen LogP contribution < -0.4 is 4.74 Å². The van der Waals surface area contributed by atoms with E-state index in [-0.39, 0.29) is 22.8 Å². The maximum atomic E-state index is 13.4. The highest BCUT2D eigenvalue weighted by molar-refractivity contribution is 7.89. The van der Waals surface area contributed by atoms with Crippen LogP contribution >= 0.6 is 0 Å². The van der Waals surface area contributed by atoms with Gasteiger partial charge in [0.25, 0.3) is 5.91 Å². The first-order valence-electron chi connectivity index (χ1n) is 11.2. The summed E-state index contributed by atoms with van der Waals surface area (Å²) in [6, 6.07) is 4.72. The molecule has 3 fully saturated rings. The van der Waals surface area contributed by atoms with Crippen molar-refractivity contribution >= 4 is 15.9 Å². The van der Waals surface area contributed by atoms with Gasteiger partial charge in [-0.25, -0.2) is 8.42 Å². The van der Waals surface area contributed by atoms with Gasteiger partial charge < -0.3 is 19.1 Å². The molecule has 0 saturated carbocycles. The molecule has 3 saturated heterocycles. The molecule has 4 rings (SSSR count). The first kappa shape index (κ1) is 22.5. The largest absolute Gasteiger partial charge is 0.495 e. The van der Waals surface area contributed by atoms with E-state index in [0.717, 1.165) is 38.5 Å². The van der Waals surface area contributed by atoms with Crippen molar-refractivity contribution in [2.45, 2.75) is 49.7 Å². The number of carbonyl (C=O) groups excluding carboxylic acids is 1. The van der Waals surface area contributed by atoms with Crippen molar-refractivity contribution in [3.05, 3.63) is 23.8 Å². The normalized spacial score (nSPS) is 22.4.